The van der Waals surface area contributed by atoms with Gasteiger partial charge in [-0.2, -0.15) is 4.98 Å². The minimum absolute atomic E-state index is 0.00751. The summed E-state index contributed by atoms with van der Waals surface area (Å²) in [7, 11) is 3.31. The first-order chi connectivity index (χ1) is 17.9. The van der Waals surface area contributed by atoms with Gasteiger partial charge in [-0.15, -0.1) is 0 Å². The number of hydrogen-bond acceptors (Lipinski definition) is 8. The molecular weight excluding hydrogens is 472 g/mol. The van der Waals surface area contributed by atoms with Gasteiger partial charge in [0, 0.05) is 37.5 Å². The summed E-state index contributed by atoms with van der Waals surface area (Å²) in [6.07, 6.45) is 8.45. The Morgan fingerprint density at radius 1 is 1.11 bits per heavy atom. The highest BCUT2D eigenvalue weighted by Crippen LogP contribution is 2.39. The van der Waals surface area contributed by atoms with E-state index in [2.05, 4.69) is 20.5 Å². The van der Waals surface area contributed by atoms with Crippen molar-refractivity contribution in [3.63, 3.8) is 0 Å². The lowest BCUT2D eigenvalue weighted by atomic mass is 9.94. The van der Waals surface area contributed by atoms with Crippen LogP contribution in [0.5, 0.6) is 5.75 Å². The van der Waals surface area contributed by atoms with E-state index in [1.165, 1.54) is 0 Å². The lowest BCUT2D eigenvalue weighted by molar-refractivity contribution is -0.121. The lowest BCUT2D eigenvalue weighted by Crippen LogP contribution is -2.54. The first-order valence-electron chi connectivity index (χ1n) is 13.1. The number of fused-ring (bicyclic) bond motifs is 1. The van der Waals surface area contributed by atoms with Crippen molar-refractivity contribution < 1.29 is 19.1 Å². The third kappa shape index (κ3) is 4.97. The van der Waals surface area contributed by atoms with Crippen LogP contribution in [-0.4, -0.2) is 59.8 Å². The summed E-state index contributed by atoms with van der Waals surface area (Å²) in [5, 5.41) is 6.26. The number of nitrogens with zero attached hydrogens (tertiary/aromatic N) is 4. The molecule has 0 unspecified atom stereocenters. The number of methoxy groups -OCH3 is 1. The molecule has 1 atom stereocenters. The second-order valence-corrected chi connectivity index (χ2v) is 10.1. The Morgan fingerprint density at radius 3 is 2.54 bits per heavy atom. The van der Waals surface area contributed by atoms with Crippen molar-refractivity contribution in [2.45, 2.75) is 76.4 Å². The average molecular weight is 507 g/mol. The van der Waals surface area contributed by atoms with Gasteiger partial charge in [-0.25, -0.2) is 4.98 Å². The van der Waals surface area contributed by atoms with Crippen molar-refractivity contribution in [2.24, 2.45) is 0 Å². The number of carbonyl (C=O) groups excluding carboxylic acids is 3. The smallest absolute Gasteiger partial charge is 0.251 e. The molecule has 10 heteroatoms. The molecule has 1 aromatic carbocycles. The standard InChI is InChI=1S/C27H34N6O4/c1-16-26(36)32(2)22-15-28-27(31-24(22)33(16)19-6-4-5-7-19)30-21-13-8-17(14-23(21)37-3)25(35)29-18-9-11-20(34)12-10-18/h8,13-16,18-19H,4-7,9-12H2,1-3H3,(H,29,35)(H,28,30,31)/t16-/m1/s1. The monoisotopic (exact) mass is 506 g/mol. The Hall–Kier alpha value is -3.69. The lowest BCUT2D eigenvalue weighted by Gasteiger charge is -2.42. The van der Waals surface area contributed by atoms with Crippen LogP contribution in [0.25, 0.3) is 0 Å². The fourth-order valence-corrected chi connectivity index (χ4v) is 5.64. The topological polar surface area (TPSA) is 117 Å². The SMILES string of the molecule is COc1cc(C(=O)NC2CCC(=O)CC2)ccc1Nc1ncc2c(n1)N(C1CCCC1)[C@H](C)C(=O)N2C. The van der Waals surface area contributed by atoms with Gasteiger partial charge in [-0.05, 0) is 50.8 Å². The molecule has 5 rings (SSSR count). The van der Waals surface area contributed by atoms with E-state index in [0.29, 0.717) is 54.3 Å². The van der Waals surface area contributed by atoms with Crippen molar-refractivity contribution in [3.05, 3.63) is 30.0 Å². The number of carbonyl (C=O) groups is 3. The maximum atomic E-state index is 12.9. The number of Topliss-reactive ketones (excluding diaryl/α,β-unsaturated/α-hetero) is 1. The Balaban J connectivity index is 1.37. The average Bonchev–Trinajstić information content (AvgIpc) is 3.43. The number of benzene rings is 1. The van der Waals surface area contributed by atoms with E-state index in [-0.39, 0.29) is 35.7 Å². The second kappa shape index (κ2) is 10.4. The molecule has 37 heavy (non-hydrogen) atoms. The van der Waals surface area contributed by atoms with Crippen molar-refractivity contribution in [3.8, 4) is 5.75 Å². The van der Waals surface area contributed by atoms with Gasteiger partial charge in [0.1, 0.15) is 23.3 Å². The van der Waals surface area contributed by atoms with Crippen LogP contribution in [-0.2, 0) is 9.59 Å². The first-order valence-corrected chi connectivity index (χ1v) is 13.1. The largest absolute Gasteiger partial charge is 0.495 e. The van der Waals surface area contributed by atoms with Crippen LogP contribution in [0.1, 0.15) is 68.6 Å². The third-order valence-corrected chi connectivity index (χ3v) is 7.77. The number of ketones is 1. The van der Waals surface area contributed by atoms with Gasteiger partial charge in [0.25, 0.3) is 5.91 Å². The zero-order valence-electron chi connectivity index (χ0n) is 21.6. The van der Waals surface area contributed by atoms with Gasteiger partial charge in [-0.3, -0.25) is 14.4 Å². The van der Waals surface area contributed by atoms with Crippen LogP contribution < -0.4 is 25.2 Å². The number of amides is 2. The van der Waals surface area contributed by atoms with Crippen molar-refractivity contribution >= 4 is 40.7 Å². The molecule has 0 radical (unpaired) electrons. The summed E-state index contributed by atoms with van der Waals surface area (Å²) in [6, 6.07) is 5.18. The molecule has 0 bridgehead atoms. The predicted octanol–water partition coefficient (Wildman–Crippen LogP) is 3.58. The summed E-state index contributed by atoms with van der Waals surface area (Å²) >= 11 is 0. The number of anilines is 4. The highest BCUT2D eigenvalue weighted by atomic mass is 16.5. The molecule has 1 aliphatic heterocycles. The molecule has 3 aliphatic rings. The molecule has 0 spiro atoms. The van der Waals surface area contributed by atoms with Crippen molar-refractivity contribution in [2.75, 3.05) is 29.3 Å². The van der Waals surface area contributed by atoms with Gasteiger partial charge < -0.3 is 25.2 Å². The zero-order chi connectivity index (χ0) is 26.1. The van der Waals surface area contributed by atoms with E-state index in [1.54, 1.807) is 43.5 Å². The number of nitrogens with one attached hydrogen (secondary N) is 2. The van der Waals surface area contributed by atoms with Crippen LogP contribution in [0.3, 0.4) is 0 Å². The predicted molar refractivity (Wildman–Crippen MR) is 141 cm³/mol. The maximum absolute atomic E-state index is 12.9. The number of ether oxygens (including phenoxy) is 1. The quantitative estimate of drug-likeness (QED) is 0.611. The van der Waals surface area contributed by atoms with E-state index >= 15 is 0 Å². The van der Waals surface area contributed by atoms with Crippen LogP contribution in [0.15, 0.2) is 24.4 Å². The molecule has 2 fully saturated rings. The third-order valence-electron chi connectivity index (χ3n) is 7.77. The van der Waals surface area contributed by atoms with Crippen LogP contribution in [0.2, 0.25) is 0 Å². The molecule has 2 heterocycles. The van der Waals surface area contributed by atoms with Gasteiger partial charge >= 0.3 is 0 Å². The molecule has 2 aromatic rings. The molecule has 2 aliphatic carbocycles. The number of likely N-dealkylation sites (N-methyl/N-ethyl adjacent to an activating group) is 1. The minimum atomic E-state index is -0.294. The normalized spacial score (nSPS) is 20.7. The van der Waals surface area contributed by atoms with E-state index in [0.717, 1.165) is 31.5 Å². The second-order valence-electron chi connectivity index (χ2n) is 10.1. The highest BCUT2D eigenvalue weighted by Gasteiger charge is 2.39. The van der Waals surface area contributed by atoms with Gasteiger partial charge in [0.05, 0.1) is 19.0 Å². The first kappa shape index (κ1) is 25.0. The van der Waals surface area contributed by atoms with E-state index in [9.17, 15) is 14.4 Å². The van der Waals surface area contributed by atoms with Gasteiger partial charge in [0.2, 0.25) is 11.9 Å². The Bertz CT molecular complexity index is 1200. The minimum Gasteiger partial charge on any atom is -0.495 e. The molecule has 1 aromatic heterocycles. The number of aromatic nitrogens is 2. The van der Waals surface area contributed by atoms with E-state index in [4.69, 9.17) is 9.72 Å². The molecule has 0 saturated heterocycles. The van der Waals surface area contributed by atoms with Gasteiger partial charge in [-0.1, -0.05) is 12.8 Å². The fourth-order valence-electron chi connectivity index (χ4n) is 5.64. The number of hydrogen-bond donors (Lipinski definition) is 2. The molecule has 2 N–H and O–H groups in total. The summed E-state index contributed by atoms with van der Waals surface area (Å²) in [6.45, 7) is 1.94. The van der Waals surface area contributed by atoms with Crippen molar-refractivity contribution in [1.82, 2.24) is 15.3 Å². The fraction of sp³-hybridized carbons (Fsp3) is 0.519. The maximum Gasteiger partial charge on any atom is 0.251 e. The summed E-state index contributed by atoms with van der Waals surface area (Å²) in [4.78, 5) is 50.3. The van der Waals surface area contributed by atoms with Crippen LogP contribution in [0.4, 0.5) is 23.1 Å². The Morgan fingerprint density at radius 2 is 1.84 bits per heavy atom. The summed E-state index contributed by atoms with van der Waals surface area (Å²) in [5.41, 5.74) is 1.80. The van der Waals surface area contributed by atoms with Crippen LogP contribution in [0, 0.1) is 0 Å². The van der Waals surface area contributed by atoms with Crippen LogP contribution >= 0.6 is 0 Å². The molecule has 10 nitrogen and oxygen atoms in total. The molecular formula is C27H34N6O4. The Labute approximate surface area is 216 Å². The Kier molecular flexibility index (Phi) is 6.99. The van der Waals surface area contributed by atoms with E-state index < -0.39 is 0 Å². The number of rotatable bonds is 6. The molecule has 196 valence electrons. The summed E-state index contributed by atoms with van der Waals surface area (Å²) in [5.74, 6) is 1.73. The van der Waals surface area contributed by atoms with Crippen molar-refractivity contribution in [1.29, 1.82) is 0 Å². The van der Waals surface area contributed by atoms with Gasteiger partial charge in [0.15, 0.2) is 5.82 Å². The zero-order valence-corrected chi connectivity index (χ0v) is 21.6. The molecule has 2 amide bonds. The highest BCUT2D eigenvalue weighted by molar-refractivity contribution is 6.04. The summed E-state index contributed by atoms with van der Waals surface area (Å²) < 4.78 is 5.57. The van der Waals surface area contributed by atoms with E-state index in [1.807, 2.05) is 6.92 Å². The molecule has 2 saturated carbocycles.